The van der Waals surface area contributed by atoms with Crippen LogP contribution in [0.3, 0.4) is 0 Å². The molecule has 170 valence electrons. The van der Waals surface area contributed by atoms with Gasteiger partial charge in [0.05, 0.1) is 10.6 Å². The van der Waals surface area contributed by atoms with E-state index in [1.807, 2.05) is 36.1 Å². The lowest BCUT2D eigenvalue weighted by atomic mass is 9.65. The minimum absolute atomic E-state index is 0.0525. The van der Waals surface area contributed by atoms with Gasteiger partial charge in [0.25, 0.3) is 15.9 Å². The third-order valence-corrected chi connectivity index (χ3v) is 9.38. The van der Waals surface area contributed by atoms with Crippen molar-refractivity contribution in [2.75, 3.05) is 10.8 Å². The number of rotatable bonds is 3. The molecule has 3 atom stereocenters. The van der Waals surface area contributed by atoms with Gasteiger partial charge in [0.2, 0.25) is 0 Å². The van der Waals surface area contributed by atoms with Gasteiger partial charge in [0.15, 0.2) is 0 Å². The number of para-hydroxylation sites is 1. The van der Waals surface area contributed by atoms with Gasteiger partial charge >= 0.3 is 0 Å². The molecule has 0 N–H and O–H groups in total. The minimum Gasteiger partial charge on any atom is -0.335 e. The summed E-state index contributed by atoms with van der Waals surface area (Å²) >= 11 is 0. The third kappa shape index (κ3) is 3.43. The number of likely N-dealkylation sites (tertiary alicyclic amines) is 1. The van der Waals surface area contributed by atoms with E-state index < -0.39 is 10.0 Å². The lowest BCUT2D eigenvalue weighted by molar-refractivity contribution is 0.0708. The molecule has 0 unspecified atom stereocenters. The molecule has 2 aromatic rings. The molecule has 5 rings (SSSR count). The molecule has 0 radical (unpaired) electrons. The molecule has 2 aromatic carbocycles. The number of amides is 1. The predicted octanol–water partition coefficient (Wildman–Crippen LogP) is 4.87. The zero-order chi connectivity index (χ0) is 22.9. The number of sulfonamides is 1. The Hall–Kier alpha value is -2.34. The van der Waals surface area contributed by atoms with Gasteiger partial charge in [-0.2, -0.15) is 0 Å². The van der Waals surface area contributed by atoms with Crippen LogP contribution in [-0.4, -0.2) is 37.9 Å². The Labute approximate surface area is 191 Å². The topological polar surface area (TPSA) is 57.7 Å². The second-order valence-electron chi connectivity index (χ2n) is 11.2. The summed E-state index contributed by atoms with van der Waals surface area (Å²) < 4.78 is 28.8. The molecule has 5 nitrogen and oxygen atoms in total. The van der Waals surface area contributed by atoms with Gasteiger partial charge in [-0.15, -0.1) is 0 Å². The predicted molar refractivity (Wildman–Crippen MR) is 126 cm³/mol. The normalized spacial score (nSPS) is 28.6. The number of carbonyl (C=O) groups excluding carboxylic acids is 1. The van der Waals surface area contributed by atoms with Crippen LogP contribution in [0.4, 0.5) is 5.69 Å². The van der Waals surface area contributed by atoms with Crippen LogP contribution in [0.15, 0.2) is 53.4 Å². The van der Waals surface area contributed by atoms with Crippen molar-refractivity contribution in [3.05, 3.63) is 59.7 Å². The highest BCUT2D eigenvalue weighted by Crippen LogP contribution is 2.52. The highest BCUT2D eigenvalue weighted by molar-refractivity contribution is 7.92. The van der Waals surface area contributed by atoms with Crippen LogP contribution in [0.1, 0.15) is 62.9 Å². The molecule has 32 heavy (non-hydrogen) atoms. The van der Waals surface area contributed by atoms with Gasteiger partial charge in [-0.3, -0.25) is 9.10 Å². The van der Waals surface area contributed by atoms with E-state index >= 15 is 0 Å². The van der Waals surface area contributed by atoms with E-state index in [1.165, 1.54) is 4.31 Å². The summed E-state index contributed by atoms with van der Waals surface area (Å²) in [7, 11) is -3.77. The van der Waals surface area contributed by atoms with Gasteiger partial charge in [0.1, 0.15) is 0 Å². The summed E-state index contributed by atoms with van der Waals surface area (Å²) in [4.78, 5) is 15.7. The highest BCUT2D eigenvalue weighted by Gasteiger charge is 2.51. The van der Waals surface area contributed by atoms with Gasteiger partial charge in [-0.05, 0) is 73.3 Å². The molecule has 0 spiro atoms. The van der Waals surface area contributed by atoms with Gasteiger partial charge in [-0.1, -0.05) is 45.0 Å². The molecule has 1 saturated carbocycles. The summed E-state index contributed by atoms with van der Waals surface area (Å²) in [6, 6.07) is 14.3. The first-order valence-corrected chi connectivity index (χ1v) is 13.0. The second kappa shape index (κ2) is 7.08. The molecule has 2 fully saturated rings. The number of carbonyl (C=O) groups is 1. The molecular weight excluding hydrogens is 420 g/mol. The van der Waals surface area contributed by atoms with Crippen molar-refractivity contribution in [2.24, 2.45) is 10.8 Å². The van der Waals surface area contributed by atoms with Crippen LogP contribution in [0, 0.1) is 10.8 Å². The zero-order valence-electron chi connectivity index (χ0n) is 19.3. The maximum Gasteiger partial charge on any atom is 0.264 e. The fourth-order valence-electron chi connectivity index (χ4n) is 6.67. The van der Waals surface area contributed by atoms with E-state index in [0.29, 0.717) is 12.0 Å². The first kappa shape index (κ1) is 21.5. The van der Waals surface area contributed by atoms with E-state index in [1.54, 1.807) is 24.3 Å². The van der Waals surface area contributed by atoms with Gasteiger partial charge in [-0.25, -0.2) is 8.42 Å². The molecule has 2 heterocycles. The maximum absolute atomic E-state index is 13.6. The lowest BCUT2D eigenvalue weighted by Crippen LogP contribution is -2.38. The largest absolute Gasteiger partial charge is 0.335 e. The van der Waals surface area contributed by atoms with Crippen LogP contribution in [0.5, 0.6) is 0 Å². The molecule has 6 heteroatoms. The molecule has 3 aliphatic rings. The summed E-state index contributed by atoms with van der Waals surface area (Å²) in [5.41, 5.74) is 2.59. The number of nitrogens with zero attached hydrogens (tertiary/aromatic N) is 2. The van der Waals surface area contributed by atoms with Crippen LogP contribution in [-0.2, 0) is 16.4 Å². The van der Waals surface area contributed by atoms with Crippen molar-refractivity contribution >= 4 is 21.6 Å². The Morgan fingerprint density at radius 2 is 1.78 bits per heavy atom. The zero-order valence-corrected chi connectivity index (χ0v) is 20.2. The first-order valence-electron chi connectivity index (χ1n) is 11.5. The summed E-state index contributed by atoms with van der Waals surface area (Å²) in [5, 5.41) is 0. The van der Waals surface area contributed by atoms with Crippen molar-refractivity contribution in [1.82, 2.24) is 4.90 Å². The SMILES string of the molecule is C[C@H]1Cc2ccccc2N1S(=O)(=O)c1cccc(C(=O)N2C[C@@]3(C)C[C@H]2CC(C)(C)C3)c1. The number of anilines is 1. The third-order valence-electron chi connectivity index (χ3n) is 7.46. The number of hydrogen-bond acceptors (Lipinski definition) is 3. The van der Waals surface area contributed by atoms with Crippen LogP contribution in [0.2, 0.25) is 0 Å². The average molecular weight is 453 g/mol. The first-order chi connectivity index (χ1) is 15.0. The monoisotopic (exact) mass is 452 g/mol. The van der Waals surface area contributed by atoms with Crippen LogP contribution in [0.25, 0.3) is 0 Å². The average Bonchev–Trinajstić information content (AvgIpc) is 3.19. The fraction of sp³-hybridized carbons (Fsp3) is 0.500. The summed E-state index contributed by atoms with van der Waals surface area (Å²) in [6.07, 6.45) is 3.83. The van der Waals surface area contributed by atoms with Crippen molar-refractivity contribution in [3.8, 4) is 0 Å². The van der Waals surface area contributed by atoms with Crippen molar-refractivity contribution in [1.29, 1.82) is 0 Å². The van der Waals surface area contributed by atoms with Crippen LogP contribution >= 0.6 is 0 Å². The van der Waals surface area contributed by atoms with Crippen molar-refractivity contribution < 1.29 is 13.2 Å². The lowest BCUT2D eigenvalue weighted by Gasteiger charge is -2.39. The number of hydrogen-bond donors (Lipinski definition) is 0. The number of fused-ring (bicyclic) bond motifs is 3. The standard InChI is InChI=1S/C26H32N2O3S/c1-18-12-19-8-5-6-11-23(19)28(18)32(30,31)22-10-7-9-20(13-22)24(29)27-17-26(4)15-21(27)14-25(2,3)16-26/h5-11,13,18,21H,12,14-17H2,1-4H3/t18-,21+,26-/m0/s1. The van der Waals surface area contributed by atoms with E-state index in [4.69, 9.17) is 0 Å². The smallest absolute Gasteiger partial charge is 0.264 e. The molecule has 2 bridgehead atoms. The Balaban J connectivity index is 1.46. The summed E-state index contributed by atoms with van der Waals surface area (Å²) in [6.45, 7) is 9.52. The van der Waals surface area contributed by atoms with E-state index in [0.717, 1.165) is 37.1 Å². The van der Waals surface area contributed by atoms with Crippen LogP contribution < -0.4 is 4.31 Å². The molecule has 1 amide bonds. The van der Waals surface area contributed by atoms with Crippen molar-refractivity contribution in [3.63, 3.8) is 0 Å². The molecule has 0 aromatic heterocycles. The summed E-state index contributed by atoms with van der Waals surface area (Å²) in [5.74, 6) is -0.0525. The molecule has 2 aliphatic heterocycles. The molecule has 1 aliphatic carbocycles. The Kier molecular flexibility index (Phi) is 4.76. The highest BCUT2D eigenvalue weighted by atomic mass is 32.2. The van der Waals surface area contributed by atoms with Gasteiger partial charge < -0.3 is 4.90 Å². The van der Waals surface area contributed by atoms with Gasteiger partial charge in [0, 0.05) is 24.2 Å². The van der Waals surface area contributed by atoms with Crippen molar-refractivity contribution in [2.45, 2.75) is 70.4 Å². The number of benzene rings is 2. The quantitative estimate of drug-likeness (QED) is 0.668. The molecular formula is C26H32N2O3S. The Morgan fingerprint density at radius 3 is 2.56 bits per heavy atom. The molecule has 1 saturated heterocycles. The Morgan fingerprint density at radius 1 is 1.03 bits per heavy atom. The Bertz CT molecular complexity index is 1190. The fourth-order valence-corrected chi connectivity index (χ4v) is 8.41. The van der Waals surface area contributed by atoms with E-state index in [-0.39, 0.29) is 33.7 Å². The minimum atomic E-state index is -3.77. The van der Waals surface area contributed by atoms with E-state index in [9.17, 15) is 13.2 Å². The second-order valence-corrected chi connectivity index (χ2v) is 13.0. The van der Waals surface area contributed by atoms with E-state index in [2.05, 4.69) is 20.8 Å². The maximum atomic E-state index is 13.6.